The second-order valence-electron chi connectivity index (χ2n) is 13.1. The lowest BCUT2D eigenvalue weighted by atomic mass is 10.0. The van der Waals surface area contributed by atoms with Gasteiger partial charge in [0, 0.05) is 32.4 Å². The van der Waals surface area contributed by atoms with Crippen LogP contribution in [0, 0.1) is 0 Å². The number of rotatable bonds is 5. The van der Waals surface area contributed by atoms with Gasteiger partial charge in [0.25, 0.3) is 0 Å². The van der Waals surface area contributed by atoms with Gasteiger partial charge in [-0.25, -0.2) is 19.9 Å². The summed E-state index contributed by atoms with van der Waals surface area (Å²) in [5.74, 6) is 2.49. The van der Waals surface area contributed by atoms with E-state index in [-0.39, 0.29) is 44.0 Å². The molecule has 0 bridgehead atoms. The van der Waals surface area contributed by atoms with Crippen LogP contribution in [-0.4, -0.2) is 89.5 Å². The zero-order valence-corrected chi connectivity index (χ0v) is 33.1. The third-order valence-corrected chi connectivity index (χ3v) is 11.1. The Bertz CT molecular complexity index is 1810. The molecule has 2 fully saturated rings. The van der Waals surface area contributed by atoms with Gasteiger partial charge in [-0.2, -0.15) is 9.97 Å². The highest BCUT2D eigenvalue weighted by Crippen LogP contribution is 2.41. The molecule has 6 heterocycles. The van der Waals surface area contributed by atoms with E-state index in [1.165, 1.54) is 25.7 Å². The molecular formula is C36H51Br2ClN12O2. The molecule has 8 rings (SSSR count). The zero-order chi connectivity index (χ0) is 36.2. The van der Waals surface area contributed by atoms with Crippen molar-refractivity contribution in [3.63, 3.8) is 0 Å². The minimum absolute atomic E-state index is 0. The Morgan fingerprint density at radius 1 is 0.774 bits per heavy atom. The molecule has 0 radical (unpaired) electrons. The molecule has 4 aromatic rings. The van der Waals surface area contributed by atoms with Crippen molar-refractivity contribution in [3.8, 4) is 5.95 Å². The van der Waals surface area contributed by atoms with E-state index in [1.54, 1.807) is 52.7 Å². The number of H-pyrrole nitrogens is 1. The Kier molecular flexibility index (Phi) is 14.8. The molecule has 0 saturated heterocycles. The van der Waals surface area contributed by atoms with Gasteiger partial charge in [-0.05, 0) is 82.0 Å². The fraction of sp³-hybridized carbons (Fsp3) is 0.556. The Morgan fingerprint density at radius 2 is 1.28 bits per heavy atom. The lowest BCUT2D eigenvalue weighted by Crippen LogP contribution is -2.55. The van der Waals surface area contributed by atoms with Crippen LogP contribution in [0.2, 0.25) is 5.28 Å². The molecule has 2 saturated carbocycles. The summed E-state index contributed by atoms with van der Waals surface area (Å²) in [6.07, 6.45) is 21.1. The van der Waals surface area contributed by atoms with Gasteiger partial charge in [0.05, 0.1) is 24.9 Å². The quantitative estimate of drug-likeness (QED) is 0.196. The summed E-state index contributed by atoms with van der Waals surface area (Å²) in [4.78, 5) is 61.6. The highest BCUT2D eigenvalue weighted by Gasteiger charge is 2.42. The second-order valence-corrected chi connectivity index (χ2v) is 15.1. The Balaban J connectivity index is 0.000000201. The first kappa shape index (κ1) is 42.1. The number of fused-ring (bicyclic) bond motifs is 2. The first-order valence-corrected chi connectivity index (χ1v) is 19.4. The Morgan fingerprint density at radius 3 is 1.70 bits per heavy atom. The van der Waals surface area contributed by atoms with Crippen molar-refractivity contribution in [2.45, 2.75) is 117 Å². The fourth-order valence-electron chi connectivity index (χ4n) is 7.51. The smallest absolute Gasteiger partial charge is 0.249 e. The van der Waals surface area contributed by atoms with Gasteiger partial charge in [-0.15, -0.1) is 0 Å². The summed E-state index contributed by atoms with van der Waals surface area (Å²) in [6, 6.07) is 0.473. The van der Waals surface area contributed by atoms with Crippen LogP contribution in [0.3, 0.4) is 0 Å². The standard InChI is InChI=1S/C17H21BrN6O.C14H19ClN4O.C3H3BrN2.2CH4/c1-3-12-16(25)22(2)13-8-19-17(23-9-14(18)20-10-23)21-15(13)24(12)11-6-4-5-7-11;1-3-10-13(20)18(2)11-8-16-14(15)17-12(11)19(10)9-6-4-5-7-9;4-3-1-5-2-6-3;;/h8-12H,3-7H2,1-2H3;8-10H,3-7H2,1-2H3;1-2H,(H,5,6);2*1H4/t12-;10-;;;/m11.../s1. The summed E-state index contributed by atoms with van der Waals surface area (Å²) in [7, 11) is 3.60. The average molecular weight is 879 g/mol. The largest absolute Gasteiger partial charge is 0.340 e. The highest BCUT2D eigenvalue weighted by atomic mass is 79.9. The number of hydrogen-bond donors (Lipinski definition) is 1. The van der Waals surface area contributed by atoms with E-state index in [9.17, 15) is 9.59 Å². The van der Waals surface area contributed by atoms with Gasteiger partial charge in [-0.1, -0.05) is 54.4 Å². The maximum Gasteiger partial charge on any atom is 0.249 e. The number of anilines is 4. The van der Waals surface area contributed by atoms with Gasteiger partial charge in [0.15, 0.2) is 11.6 Å². The Hall–Kier alpha value is -3.63. The Labute approximate surface area is 334 Å². The summed E-state index contributed by atoms with van der Waals surface area (Å²) < 4.78 is 3.44. The second kappa shape index (κ2) is 18.6. The maximum atomic E-state index is 12.9. The number of amides is 2. The first-order valence-electron chi connectivity index (χ1n) is 17.5. The maximum absolute atomic E-state index is 12.9. The number of halogens is 3. The number of nitrogens with one attached hydrogen (secondary N) is 1. The van der Waals surface area contributed by atoms with Crippen molar-refractivity contribution in [2.24, 2.45) is 0 Å². The summed E-state index contributed by atoms with van der Waals surface area (Å²) in [6.45, 7) is 4.12. The average Bonchev–Trinajstić information content (AvgIpc) is 3.98. The van der Waals surface area contributed by atoms with Gasteiger partial charge in [-0.3, -0.25) is 14.2 Å². The van der Waals surface area contributed by atoms with Crippen molar-refractivity contribution in [2.75, 3.05) is 33.7 Å². The van der Waals surface area contributed by atoms with Gasteiger partial charge >= 0.3 is 0 Å². The third kappa shape index (κ3) is 8.86. The normalized spacial score (nSPS) is 19.8. The molecule has 17 heteroatoms. The predicted molar refractivity (Wildman–Crippen MR) is 218 cm³/mol. The number of carbonyl (C=O) groups excluding carboxylic acids is 2. The molecule has 2 aliphatic carbocycles. The molecule has 288 valence electrons. The first-order chi connectivity index (χ1) is 24.6. The molecule has 0 unspecified atom stereocenters. The van der Waals surface area contributed by atoms with Crippen molar-refractivity contribution < 1.29 is 9.59 Å². The van der Waals surface area contributed by atoms with Crippen LogP contribution in [0.25, 0.3) is 5.95 Å². The number of imidazole rings is 2. The monoisotopic (exact) mass is 876 g/mol. The van der Waals surface area contributed by atoms with Crippen LogP contribution in [0.4, 0.5) is 23.0 Å². The van der Waals surface area contributed by atoms with E-state index in [1.807, 2.05) is 20.2 Å². The van der Waals surface area contributed by atoms with E-state index in [4.69, 9.17) is 16.6 Å². The van der Waals surface area contributed by atoms with E-state index in [2.05, 4.69) is 78.5 Å². The van der Waals surface area contributed by atoms with E-state index < -0.39 is 0 Å². The number of aromatic nitrogens is 8. The molecule has 4 aromatic heterocycles. The summed E-state index contributed by atoms with van der Waals surface area (Å²) in [5, 5.41) is 0.240. The molecule has 1 N–H and O–H groups in total. The summed E-state index contributed by atoms with van der Waals surface area (Å²) in [5.41, 5.74) is 1.54. The number of carbonyl (C=O) groups is 2. The fourth-order valence-corrected chi connectivity index (χ4v) is 8.17. The van der Waals surface area contributed by atoms with Crippen LogP contribution in [0.1, 0.15) is 92.9 Å². The van der Waals surface area contributed by atoms with E-state index >= 15 is 0 Å². The topological polar surface area (TPSA) is 145 Å². The SMILES string of the molecule is Brc1cnc[nH]1.C.C.CC[C@@H]1C(=O)N(C)c2cnc(-n3cnc(Br)c3)nc2N1C1CCCC1.CC[C@@H]1C(=O)N(C)c2cnc(Cl)nc2N1C1CCCC1. The molecule has 2 aliphatic heterocycles. The minimum Gasteiger partial charge on any atom is -0.340 e. The van der Waals surface area contributed by atoms with Crippen molar-refractivity contribution in [1.82, 2.24) is 39.5 Å². The lowest BCUT2D eigenvalue weighted by molar-refractivity contribution is -0.120. The molecule has 4 aliphatic rings. The number of hydrogen-bond acceptors (Lipinski definition) is 10. The zero-order valence-electron chi connectivity index (χ0n) is 29.2. The molecule has 0 aromatic carbocycles. The molecular weight excluding hydrogens is 828 g/mol. The summed E-state index contributed by atoms with van der Waals surface area (Å²) >= 11 is 12.5. The predicted octanol–water partition coefficient (Wildman–Crippen LogP) is 8.01. The molecule has 53 heavy (non-hydrogen) atoms. The number of likely N-dealkylation sites (N-methyl/N-ethyl adjacent to an activating group) is 2. The molecule has 2 amide bonds. The molecule has 0 spiro atoms. The molecule has 14 nitrogen and oxygen atoms in total. The van der Waals surface area contributed by atoms with Crippen LogP contribution >= 0.6 is 43.5 Å². The number of nitrogens with zero attached hydrogens (tertiary/aromatic N) is 11. The van der Waals surface area contributed by atoms with Gasteiger partial charge < -0.3 is 24.6 Å². The third-order valence-electron chi connectivity index (χ3n) is 10.0. The minimum atomic E-state index is -0.155. The van der Waals surface area contributed by atoms with Crippen molar-refractivity contribution in [1.29, 1.82) is 0 Å². The van der Waals surface area contributed by atoms with Crippen LogP contribution in [0.15, 0.2) is 46.6 Å². The van der Waals surface area contributed by atoms with Crippen LogP contribution < -0.4 is 19.6 Å². The van der Waals surface area contributed by atoms with Gasteiger partial charge in [0.1, 0.15) is 39.0 Å². The van der Waals surface area contributed by atoms with E-state index in [0.717, 1.165) is 70.7 Å². The van der Waals surface area contributed by atoms with Crippen LogP contribution in [0.5, 0.6) is 0 Å². The van der Waals surface area contributed by atoms with Crippen LogP contribution in [-0.2, 0) is 9.59 Å². The van der Waals surface area contributed by atoms with Crippen molar-refractivity contribution in [3.05, 3.63) is 51.9 Å². The van der Waals surface area contributed by atoms with Gasteiger partial charge in [0.2, 0.25) is 23.0 Å². The highest BCUT2D eigenvalue weighted by molar-refractivity contribution is 9.10. The van der Waals surface area contributed by atoms with E-state index in [0.29, 0.717) is 18.0 Å². The number of aromatic amines is 1. The van der Waals surface area contributed by atoms with Crippen molar-refractivity contribution >= 4 is 78.3 Å². The molecule has 2 atom stereocenters. The lowest BCUT2D eigenvalue weighted by Gasteiger charge is -2.43.